The number of fused-ring (bicyclic) bond motifs is 4. The topological polar surface area (TPSA) is 106 Å². The van der Waals surface area contributed by atoms with Gasteiger partial charge < -0.3 is 29.4 Å². The summed E-state index contributed by atoms with van der Waals surface area (Å²) in [5.74, 6) is 0.930. The van der Waals surface area contributed by atoms with Gasteiger partial charge >= 0.3 is 0 Å². The van der Waals surface area contributed by atoms with Gasteiger partial charge in [0.2, 0.25) is 0 Å². The van der Waals surface area contributed by atoms with E-state index in [4.69, 9.17) is 9.47 Å². The van der Waals surface area contributed by atoms with Gasteiger partial charge in [-0.25, -0.2) is 0 Å². The molecular formula is C32H35N3O5. The number of ketones is 1. The number of carbonyl (C=O) groups is 2. The number of para-hydroxylation sites is 1. The Balaban J connectivity index is 1.36. The van der Waals surface area contributed by atoms with Crippen LogP contribution in [0, 0.1) is 5.92 Å². The minimum absolute atomic E-state index is 0.0178. The van der Waals surface area contributed by atoms with E-state index in [0.29, 0.717) is 42.1 Å². The van der Waals surface area contributed by atoms with Crippen LogP contribution in [0.3, 0.4) is 0 Å². The first-order chi connectivity index (χ1) is 19.4. The predicted molar refractivity (Wildman–Crippen MR) is 153 cm³/mol. The fourth-order valence-electron chi connectivity index (χ4n) is 5.76. The Labute approximate surface area is 233 Å². The molecule has 4 aromatic rings. The first kappa shape index (κ1) is 26.2. The Bertz CT molecular complexity index is 1590. The second kappa shape index (κ2) is 10.5. The number of nitrogens with zero attached hydrogens (tertiary/aromatic N) is 1. The van der Waals surface area contributed by atoms with Crippen molar-refractivity contribution < 1.29 is 24.2 Å². The zero-order valence-corrected chi connectivity index (χ0v) is 23.1. The quantitative estimate of drug-likeness (QED) is 0.247. The van der Waals surface area contributed by atoms with Gasteiger partial charge in [0, 0.05) is 40.8 Å². The highest BCUT2D eigenvalue weighted by Crippen LogP contribution is 2.42. The van der Waals surface area contributed by atoms with Gasteiger partial charge in [-0.1, -0.05) is 18.2 Å². The molecule has 8 heteroatoms. The van der Waals surface area contributed by atoms with E-state index in [0.717, 1.165) is 46.1 Å². The van der Waals surface area contributed by atoms with E-state index in [1.54, 1.807) is 7.11 Å². The molecule has 2 aromatic heterocycles. The van der Waals surface area contributed by atoms with Crippen molar-refractivity contribution in [1.82, 2.24) is 14.9 Å². The Hall–Kier alpha value is -4.04. The van der Waals surface area contributed by atoms with E-state index in [2.05, 4.69) is 10.3 Å². The SMILES string of the molecule is COc1cc2c(cc1OC(C)C)-c1cc(C(=O)N[C@@H](CO)Cc3c[nH]c4ccccc34)c(C(=O)C3CC3)n1CC2. The van der Waals surface area contributed by atoms with E-state index in [1.807, 2.05) is 67.1 Å². The second-order valence-corrected chi connectivity index (χ2v) is 11.1. The number of nitrogens with one attached hydrogen (secondary N) is 2. The van der Waals surface area contributed by atoms with Crippen LogP contribution < -0.4 is 14.8 Å². The third-order valence-corrected chi connectivity index (χ3v) is 7.85. The number of Topliss-reactive ketones (excluding diaryl/α,β-unsaturated/α-hetero) is 1. The number of amides is 1. The summed E-state index contributed by atoms with van der Waals surface area (Å²) in [6.07, 6.45) is 4.75. The van der Waals surface area contributed by atoms with Gasteiger partial charge in [-0.05, 0) is 74.9 Å². The molecule has 1 fully saturated rings. The number of aromatic nitrogens is 2. The average Bonchev–Trinajstić information content (AvgIpc) is 3.61. The molecule has 2 aromatic carbocycles. The third-order valence-electron chi connectivity index (χ3n) is 7.85. The number of rotatable bonds is 10. The Morgan fingerprint density at radius 1 is 1.15 bits per heavy atom. The fourth-order valence-corrected chi connectivity index (χ4v) is 5.76. The van der Waals surface area contributed by atoms with E-state index >= 15 is 0 Å². The first-order valence-electron chi connectivity index (χ1n) is 14.0. The van der Waals surface area contributed by atoms with Crippen molar-refractivity contribution in [1.29, 1.82) is 0 Å². The largest absolute Gasteiger partial charge is 0.493 e. The first-order valence-corrected chi connectivity index (χ1v) is 14.0. The van der Waals surface area contributed by atoms with E-state index in [1.165, 1.54) is 0 Å². The monoisotopic (exact) mass is 541 g/mol. The van der Waals surface area contributed by atoms with Crippen molar-refractivity contribution in [2.45, 2.75) is 58.2 Å². The average molecular weight is 542 g/mol. The molecule has 3 heterocycles. The molecule has 3 N–H and O–H groups in total. The predicted octanol–water partition coefficient (Wildman–Crippen LogP) is 4.91. The number of aromatic amines is 1. The highest BCUT2D eigenvalue weighted by Gasteiger charge is 2.37. The normalized spacial score (nSPS) is 15.0. The molecule has 8 nitrogen and oxygen atoms in total. The van der Waals surface area contributed by atoms with Gasteiger partial charge in [-0.2, -0.15) is 0 Å². The van der Waals surface area contributed by atoms with Crippen LogP contribution in [0.15, 0.2) is 48.7 Å². The van der Waals surface area contributed by atoms with Gasteiger partial charge in [-0.15, -0.1) is 0 Å². The molecule has 0 spiro atoms. The molecule has 0 radical (unpaired) electrons. The maximum atomic E-state index is 13.8. The number of aliphatic hydroxyl groups excluding tert-OH is 1. The zero-order chi connectivity index (χ0) is 28.0. The lowest BCUT2D eigenvalue weighted by Crippen LogP contribution is -2.39. The summed E-state index contributed by atoms with van der Waals surface area (Å²) in [6.45, 7) is 4.30. The summed E-state index contributed by atoms with van der Waals surface area (Å²) in [5, 5.41) is 14.3. The molecule has 1 aliphatic heterocycles. The van der Waals surface area contributed by atoms with Crippen LogP contribution in [0.5, 0.6) is 11.5 Å². The van der Waals surface area contributed by atoms with Crippen molar-refractivity contribution in [3.05, 3.63) is 71.0 Å². The number of hydrogen-bond donors (Lipinski definition) is 3. The molecule has 0 bridgehead atoms. The fraction of sp³-hybridized carbons (Fsp3) is 0.375. The number of aryl methyl sites for hydroxylation is 1. The molecule has 1 atom stereocenters. The number of methoxy groups -OCH3 is 1. The van der Waals surface area contributed by atoms with E-state index < -0.39 is 6.04 Å². The molecule has 2 aliphatic rings. The van der Waals surface area contributed by atoms with Gasteiger partial charge in [0.05, 0.1) is 37.1 Å². The molecule has 1 aliphatic carbocycles. The van der Waals surface area contributed by atoms with Crippen molar-refractivity contribution in [3.63, 3.8) is 0 Å². The number of H-pyrrole nitrogens is 1. The number of carbonyl (C=O) groups excluding carboxylic acids is 2. The molecule has 0 saturated heterocycles. The molecule has 6 rings (SSSR count). The summed E-state index contributed by atoms with van der Waals surface area (Å²) in [5.41, 5.74) is 5.69. The number of hydrogen-bond acceptors (Lipinski definition) is 5. The second-order valence-electron chi connectivity index (χ2n) is 11.1. The number of ether oxygens (including phenoxy) is 2. The Morgan fingerprint density at radius 3 is 2.67 bits per heavy atom. The van der Waals surface area contributed by atoms with Gasteiger partial charge in [0.1, 0.15) is 0 Å². The highest BCUT2D eigenvalue weighted by atomic mass is 16.5. The van der Waals surface area contributed by atoms with Crippen molar-refractivity contribution in [2.75, 3.05) is 13.7 Å². The lowest BCUT2D eigenvalue weighted by Gasteiger charge is -2.24. The number of aliphatic hydroxyl groups is 1. The Morgan fingerprint density at radius 2 is 1.95 bits per heavy atom. The van der Waals surface area contributed by atoms with Crippen LogP contribution in [0.1, 0.15) is 58.7 Å². The molecule has 40 heavy (non-hydrogen) atoms. The van der Waals surface area contributed by atoms with E-state index in [-0.39, 0.29) is 30.3 Å². The molecule has 1 amide bonds. The summed E-state index contributed by atoms with van der Waals surface area (Å²) in [4.78, 5) is 30.6. The summed E-state index contributed by atoms with van der Waals surface area (Å²) in [7, 11) is 1.63. The summed E-state index contributed by atoms with van der Waals surface area (Å²) >= 11 is 0. The van der Waals surface area contributed by atoms with Crippen LogP contribution in [-0.2, 0) is 19.4 Å². The number of benzene rings is 2. The van der Waals surface area contributed by atoms with Gasteiger partial charge in [0.15, 0.2) is 17.3 Å². The van der Waals surface area contributed by atoms with E-state index in [9.17, 15) is 14.7 Å². The van der Waals surface area contributed by atoms with Crippen LogP contribution >= 0.6 is 0 Å². The maximum Gasteiger partial charge on any atom is 0.253 e. The van der Waals surface area contributed by atoms with Crippen LogP contribution in [-0.4, -0.2) is 52.2 Å². The zero-order valence-electron chi connectivity index (χ0n) is 23.1. The Kier molecular flexibility index (Phi) is 6.88. The lowest BCUT2D eigenvalue weighted by atomic mass is 9.97. The highest BCUT2D eigenvalue weighted by molar-refractivity contribution is 6.10. The third kappa shape index (κ3) is 4.77. The lowest BCUT2D eigenvalue weighted by molar-refractivity contribution is 0.0897. The summed E-state index contributed by atoms with van der Waals surface area (Å²) in [6, 6.07) is 13.2. The van der Waals surface area contributed by atoms with Crippen LogP contribution in [0.4, 0.5) is 0 Å². The van der Waals surface area contributed by atoms with Gasteiger partial charge in [0.25, 0.3) is 5.91 Å². The minimum Gasteiger partial charge on any atom is -0.493 e. The maximum absolute atomic E-state index is 13.8. The van der Waals surface area contributed by atoms with Crippen molar-refractivity contribution in [3.8, 4) is 22.8 Å². The summed E-state index contributed by atoms with van der Waals surface area (Å²) < 4.78 is 13.6. The standard InChI is InChI=1S/C32H35N3O5/c1-18(2)40-29-15-24-20(13-28(29)39-3)10-11-35-27(24)14-25(30(35)31(37)19-8-9-19)32(38)34-22(17-36)12-21-16-33-26-7-5-4-6-23(21)26/h4-7,13-16,18-19,22,33,36H,8-12,17H2,1-3H3,(H,34,38)/t22-/m1/s1. The van der Waals surface area contributed by atoms with Gasteiger partial charge in [-0.3, -0.25) is 9.59 Å². The van der Waals surface area contributed by atoms with Crippen molar-refractivity contribution >= 4 is 22.6 Å². The van der Waals surface area contributed by atoms with Crippen LogP contribution in [0.25, 0.3) is 22.2 Å². The minimum atomic E-state index is -0.505. The molecular weight excluding hydrogens is 506 g/mol. The van der Waals surface area contributed by atoms with Crippen LogP contribution in [0.2, 0.25) is 0 Å². The van der Waals surface area contributed by atoms with Crippen molar-refractivity contribution in [2.24, 2.45) is 5.92 Å². The smallest absolute Gasteiger partial charge is 0.253 e. The molecule has 0 unspecified atom stereocenters. The molecule has 208 valence electrons. The molecule has 1 saturated carbocycles.